The number of nitrogens with zero attached hydrogens (tertiary/aromatic N) is 2. The zero-order valence-corrected chi connectivity index (χ0v) is 13.3. The van der Waals surface area contributed by atoms with Crippen molar-refractivity contribution in [1.82, 2.24) is 15.1 Å². The van der Waals surface area contributed by atoms with Crippen molar-refractivity contribution in [1.29, 1.82) is 0 Å². The van der Waals surface area contributed by atoms with Crippen LogP contribution in [-0.4, -0.2) is 16.3 Å². The van der Waals surface area contributed by atoms with Crippen LogP contribution >= 0.6 is 11.6 Å². The van der Waals surface area contributed by atoms with Crippen molar-refractivity contribution in [2.75, 3.05) is 6.54 Å². The van der Waals surface area contributed by atoms with Crippen LogP contribution in [0, 0.1) is 13.8 Å². The molecule has 0 aliphatic heterocycles. The van der Waals surface area contributed by atoms with Gasteiger partial charge in [0.05, 0.1) is 5.69 Å². The summed E-state index contributed by atoms with van der Waals surface area (Å²) in [6, 6.07) is 8.60. The van der Waals surface area contributed by atoms with E-state index in [1.807, 2.05) is 24.7 Å². The molecule has 0 aliphatic carbocycles. The van der Waals surface area contributed by atoms with Crippen LogP contribution in [0.3, 0.4) is 0 Å². The van der Waals surface area contributed by atoms with Crippen LogP contribution in [0.5, 0.6) is 0 Å². The highest BCUT2D eigenvalue weighted by Crippen LogP contribution is 2.27. The quantitative estimate of drug-likeness (QED) is 0.912. The number of benzene rings is 1. The van der Waals surface area contributed by atoms with Crippen molar-refractivity contribution in [2.45, 2.75) is 33.2 Å². The number of aryl methyl sites for hydroxylation is 3. The molecule has 1 N–H and O–H groups in total. The summed E-state index contributed by atoms with van der Waals surface area (Å²) in [5, 5.41) is 8.76. The average molecular weight is 292 g/mol. The Bertz CT molecular complexity index is 589. The molecule has 1 atom stereocenters. The predicted molar refractivity (Wildman–Crippen MR) is 84.3 cm³/mol. The van der Waals surface area contributed by atoms with Crippen LogP contribution in [0.1, 0.15) is 35.5 Å². The first-order valence-corrected chi connectivity index (χ1v) is 7.38. The van der Waals surface area contributed by atoms with E-state index < -0.39 is 0 Å². The molecule has 1 unspecified atom stereocenters. The molecule has 3 nitrogen and oxygen atoms in total. The molecule has 4 heteroatoms. The summed E-state index contributed by atoms with van der Waals surface area (Å²) in [4.78, 5) is 0. The molecule has 0 saturated heterocycles. The first-order chi connectivity index (χ1) is 9.51. The third-order valence-electron chi connectivity index (χ3n) is 3.49. The molecule has 1 aromatic carbocycles. The van der Waals surface area contributed by atoms with Gasteiger partial charge in [0, 0.05) is 30.2 Å². The van der Waals surface area contributed by atoms with Crippen molar-refractivity contribution in [2.24, 2.45) is 7.05 Å². The summed E-state index contributed by atoms with van der Waals surface area (Å²) in [5.74, 6) is 0. The molecule has 2 aromatic rings. The maximum absolute atomic E-state index is 6.41. The fraction of sp³-hybridized carbons (Fsp3) is 0.438. The first kappa shape index (κ1) is 15.1. The largest absolute Gasteiger partial charge is 0.310 e. The van der Waals surface area contributed by atoms with Gasteiger partial charge in [0.2, 0.25) is 0 Å². The Hall–Kier alpha value is -1.32. The van der Waals surface area contributed by atoms with Gasteiger partial charge >= 0.3 is 0 Å². The molecule has 20 heavy (non-hydrogen) atoms. The highest BCUT2D eigenvalue weighted by molar-refractivity contribution is 6.31. The summed E-state index contributed by atoms with van der Waals surface area (Å²) in [6.07, 6.45) is 0.883. The SMILES string of the molecule is CCNC(Cc1cc(C)nn1C)c1ccc(C)cc1Cl. The molecule has 0 fully saturated rings. The van der Waals surface area contributed by atoms with E-state index in [0.29, 0.717) is 0 Å². The zero-order valence-electron chi connectivity index (χ0n) is 12.6. The molecule has 0 amide bonds. The number of rotatable bonds is 5. The van der Waals surface area contributed by atoms with Crippen LogP contribution in [-0.2, 0) is 13.5 Å². The molecule has 0 aliphatic rings. The minimum absolute atomic E-state index is 0.211. The van der Waals surface area contributed by atoms with E-state index in [0.717, 1.165) is 29.2 Å². The second kappa shape index (κ2) is 6.42. The van der Waals surface area contributed by atoms with Crippen LogP contribution in [0.15, 0.2) is 24.3 Å². The van der Waals surface area contributed by atoms with Crippen molar-refractivity contribution < 1.29 is 0 Å². The summed E-state index contributed by atoms with van der Waals surface area (Å²) in [7, 11) is 1.99. The fourth-order valence-corrected chi connectivity index (χ4v) is 2.88. The second-order valence-electron chi connectivity index (χ2n) is 5.24. The summed E-state index contributed by atoms with van der Waals surface area (Å²) >= 11 is 6.41. The fourth-order valence-electron chi connectivity index (χ4n) is 2.52. The van der Waals surface area contributed by atoms with E-state index in [9.17, 15) is 0 Å². The molecule has 0 spiro atoms. The number of hydrogen-bond acceptors (Lipinski definition) is 2. The topological polar surface area (TPSA) is 29.9 Å². The van der Waals surface area contributed by atoms with E-state index in [2.05, 4.69) is 42.5 Å². The maximum Gasteiger partial charge on any atom is 0.0596 e. The molecule has 2 rings (SSSR count). The molecule has 1 heterocycles. The lowest BCUT2D eigenvalue weighted by Crippen LogP contribution is -2.24. The molecule has 1 aromatic heterocycles. The van der Waals surface area contributed by atoms with Crippen LogP contribution in [0.25, 0.3) is 0 Å². The van der Waals surface area contributed by atoms with E-state index in [4.69, 9.17) is 11.6 Å². The summed E-state index contributed by atoms with van der Waals surface area (Å²) in [5.41, 5.74) is 4.60. The lowest BCUT2D eigenvalue weighted by molar-refractivity contribution is 0.529. The second-order valence-corrected chi connectivity index (χ2v) is 5.65. The number of aromatic nitrogens is 2. The average Bonchev–Trinajstić information content (AvgIpc) is 2.67. The van der Waals surface area contributed by atoms with Gasteiger partial charge in [0.25, 0.3) is 0 Å². The Morgan fingerprint density at radius 1 is 1.30 bits per heavy atom. The Balaban J connectivity index is 2.29. The van der Waals surface area contributed by atoms with Gasteiger partial charge in [-0.2, -0.15) is 5.10 Å². The van der Waals surface area contributed by atoms with Crippen LogP contribution in [0.2, 0.25) is 5.02 Å². The number of likely N-dealkylation sites (N-methyl/N-ethyl adjacent to an activating group) is 1. The summed E-state index contributed by atoms with van der Waals surface area (Å²) in [6.45, 7) is 7.10. The lowest BCUT2D eigenvalue weighted by atomic mass is 10.0. The zero-order chi connectivity index (χ0) is 14.7. The normalized spacial score (nSPS) is 12.7. The number of halogens is 1. The highest BCUT2D eigenvalue weighted by atomic mass is 35.5. The van der Waals surface area contributed by atoms with Gasteiger partial charge in [-0.25, -0.2) is 0 Å². The number of hydrogen-bond donors (Lipinski definition) is 1. The van der Waals surface area contributed by atoms with E-state index in [1.54, 1.807) is 0 Å². The van der Waals surface area contributed by atoms with Crippen LogP contribution < -0.4 is 5.32 Å². The molecule has 0 saturated carbocycles. The minimum atomic E-state index is 0.211. The van der Waals surface area contributed by atoms with Gasteiger partial charge in [-0.1, -0.05) is 30.7 Å². The maximum atomic E-state index is 6.41. The molecular weight excluding hydrogens is 270 g/mol. The monoisotopic (exact) mass is 291 g/mol. The molecular formula is C16H22ClN3. The van der Waals surface area contributed by atoms with Crippen molar-refractivity contribution in [3.8, 4) is 0 Å². The third-order valence-corrected chi connectivity index (χ3v) is 3.82. The van der Waals surface area contributed by atoms with E-state index in [-0.39, 0.29) is 6.04 Å². The Labute approximate surface area is 126 Å². The van der Waals surface area contributed by atoms with Crippen molar-refractivity contribution in [3.63, 3.8) is 0 Å². The predicted octanol–water partition coefficient (Wildman–Crippen LogP) is 3.58. The van der Waals surface area contributed by atoms with Gasteiger partial charge < -0.3 is 5.32 Å². The smallest absolute Gasteiger partial charge is 0.0596 e. The Morgan fingerprint density at radius 3 is 2.60 bits per heavy atom. The van der Waals surface area contributed by atoms with Gasteiger partial charge in [0.1, 0.15) is 0 Å². The third kappa shape index (κ3) is 3.41. The minimum Gasteiger partial charge on any atom is -0.310 e. The molecule has 0 bridgehead atoms. The summed E-state index contributed by atoms with van der Waals surface area (Å²) < 4.78 is 1.95. The van der Waals surface area contributed by atoms with Gasteiger partial charge in [0.15, 0.2) is 0 Å². The Kier molecular flexibility index (Phi) is 4.84. The Morgan fingerprint density at radius 2 is 2.05 bits per heavy atom. The molecule has 0 radical (unpaired) electrons. The van der Waals surface area contributed by atoms with Gasteiger partial charge in [-0.15, -0.1) is 0 Å². The highest BCUT2D eigenvalue weighted by Gasteiger charge is 2.16. The standard InChI is InChI=1S/C16H22ClN3/c1-5-18-16(10-13-9-12(3)19-20(13)4)14-7-6-11(2)8-15(14)17/h6-9,16,18H,5,10H2,1-4H3. The van der Waals surface area contributed by atoms with E-state index >= 15 is 0 Å². The first-order valence-electron chi connectivity index (χ1n) is 7.00. The molecule has 108 valence electrons. The van der Waals surface area contributed by atoms with Crippen molar-refractivity contribution in [3.05, 3.63) is 51.8 Å². The van der Waals surface area contributed by atoms with E-state index in [1.165, 1.54) is 11.3 Å². The van der Waals surface area contributed by atoms with Crippen LogP contribution in [0.4, 0.5) is 0 Å². The van der Waals surface area contributed by atoms with Crippen molar-refractivity contribution >= 4 is 11.6 Å². The number of nitrogens with one attached hydrogen (secondary N) is 1. The van der Waals surface area contributed by atoms with Gasteiger partial charge in [-0.3, -0.25) is 4.68 Å². The lowest BCUT2D eigenvalue weighted by Gasteiger charge is -2.20. The van der Waals surface area contributed by atoms with Gasteiger partial charge in [-0.05, 0) is 43.7 Å².